The highest BCUT2D eigenvalue weighted by Gasteiger charge is 2.18. The van der Waals surface area contributed by atoms with E-state index in [0.717, 1.165) is 51.4 Å². The first-order chi connectivity index (χ1) is 13.2. The number of piperazine rings is 1. The summed E-state index contributed by atoms with van der Waals surface area (Å²) in [6.07, 6.45) is 1.14. The Hall–Kier alpha value is -2.30. The monoisotopic (exact) mass is 363 g/mol. The van der Waals surface area contributed by atoms with Crippen LogP contribution < -0.4 is 4.74 Å². The molecule has 1 saturated heterocycles. The zero-order chi connectivity index (χ0) is 18.6. The molecule has 2 heterocycles. The van der Waals surface area contributed by atoms with E-state index >= 15 is 0 Å². The molecule has 4 rings (SSSR count). The first-order valence-corrected chi connectivity index (χ1v) is 9.84. The summed E-state index contributed by atoms with van der Waals surface area (Å²) in [6, 6.07) is 19.4. The van der Waals surface area contributed by atoms with E-state index in [-0.39, 0.29) is 0 Å². The Bertz CT molecular complexity index is 879. The summed E-state index contributed by atoms with van der Waals surface area (Å²) in [4.78, 5) is 5.17. The first kappa shape index (κ1) is 18.1. The molecule has 1 aliphatic heterocycles. The lowest BCUT2D eigenvalue weighted by atomic mass is 10.1. The van der Waals surface area contributed by atoms with Crippen molar-refractivity contribution in [2.75, 3.05) is 39.8 Å². The molecule has 0 spiro atoms. The third-order valence-electron chi connectivity index (χ3n) is 5.76. The van der Waals surface area contributed by atoms with Gasteiger partial charge >= 0.3 is 0 Å². The number of nitrogens with zero attached hydrogens (tertiary/aromatic N) is 3. The number of aryl methyl sites for hydroxylation is 1. The zero-order valence-corrected chi connectivity index (χ0v) is 16.4. The summed E-state index contributed by atoms with van der Waals surface area (Å²) < 4.78 is 7.68. The summed E-state index contributed by atoms with van der Waals surface area (Å²) in [5.41, 5.74) is 4.08. The third-order valence-corrected chi connectivity index (χ3v) is 5.76. The minimum Gasteiger partial charge on any atom is -0.497 e. The molecule has 4 nitrogen and oxygen atoms in total. The van der Waals surface area contributed by atoms with Crippen molar-refractivity contribution in [1.29, 1.82) is 0 Å². The highest BCUT2D eigenvalue weighted by atomic mass is 16.5. The van der Waals surface area contributed by atoms with Gasteiger partial charge in [0.15, 0.2) is 0 Å². The van der Waals surface area contributed by atoms with Crippen molar-refractivity contribution in [2.45, 2.75) is 13.0 Å². The summed E-state index contributed by atoms with van der Waals surface area (Å²) in [5, 5.41) is 1.26. The Morgan fingerprint density at radius 1 is 0.889 bits per heavy atom. The lowest BCUT2D eigenvalue weighted by molar-refractivity contribution is 0.126. The summed E-state index contributed by atoms with van der Waals surface area (Å²) in [7, 11) is 3.89. The van der Waals surface area contributed by atoms with Crippen LogP contribution in [0.4, 0.5) is 0 Å². The molecule has 0 saturated carbocycles. The second-order valence-corrected chi connectivity index (χ2v) is 7.47. The van der Waals surface area contributed by atoms with Crippen LogP contribution in [0.5, 0.6) is 5.75 Å². The van der Waals surface area contributed by atoms with E-state index in [1.54, 1.807) is 7.11 Å². The van der Waals surface area contributed by atoms with Gasteiger partial charge in [-0.3, -0.25) is 4.90 Å². The molecular formula is C23H29N3O. The number of benzene rings is 2. The lowest BCUT2D eigenvalue weighted by Crippen LogP contribution is -2.46. The van der Waals surface area contributed by atoms with Gasteiger partial charge < -0.3 is 14.2 Å². The van der Waals surface area contributed by atoms with Crippen LogP contribution in [0.1, 0.15) is 11.3 Å². The molecule has 0 aliphatic carbocycles. The van der Waals surface area contributed by atoms with E-state index in [1.807, 2.05) is 6.07 Å². The molecule has 3 aromatic rings. The molecule has 0 radical (unpaired) electrons. The number of hydrogen-bond donors (Lipinski definition) is 0. The molecule has 27 heavy (non-hydrogen) atoms. The first-order valence-electron chi connectivity index (χ1n) is 9.84. The van der Waals surface area contributed by atoms with Gasteiger partial charge in [-0.05, 0) is 36.2 Å². The van der Waals surface area contributed by atoms with Gasteiger partial charge in [0.05, 0.1) is 7.11 Å². The molecule has 1 aromatic heterocycles. The van der Waals surface area contributed by atoms with Crippen LogP contribution >= 0.6 is 0 Å². The van der Waals surface area contributed by atoms with Crippen molar-refractivity contribution in [2.24, 2.45) is 7.05 Å². The van der Waals surface area contributed by atoms with Gasteiger partial charge in [-0.2, -0.15) is 0 Å². The Kier molecular flexibility index (Phi) is 5.46. The van der Waals surface area contributed by atoms with E-state index in [9.17, 15) is 0 Å². The van der Waals surface area contributed by atoms with E-state index < -0.39 is 0 Å². The van der Waals surface area contributed by atoms with Crippen molar-refractivity contribution < 1.29 is 4.74 Å². The second-order valence-electron chi connectivity index (χ2n) is 7.47. The van der Waals surface area contributed by atoms with Crippen molar-refractivity contribution in [3.63, 3.8) is 0 Å². The van der Waals surface area contributed by atoms with Crippen LogP contribution in [-0.4, -0.2) is 54.2 Å². The van der Waals surface area contributed by atoms with Crippen molar-refractivity contribution in [3.05, 3.63) is 65.9 Å². The van der Waals surface area contributed by atoms with E-state index in [0.29, 0.717) is 0 Å². The highest BCUT2D eigenvalue weighted by Crippen LogP contribution is 2.24. The third kappa shape index (κ3) is 4.18. The maximum absolute atomic E-state index is 5.36. The van der Waals surface area contributed by atoms with Crippen LogP contribution in [0.25, 0.3) is 10.9 Å². The Balaban J connectivity index is 1.32. The maximum atomic E-state index is 5.36. The molecule has 0 atom stereocenters. The summed E-state index contributed by atoms with van der Waals surface area (Å²) in [5.74, 6) is 0.923. The number of ether oxygens (including phenoxy) is 1. The second kappa shape index (κ2) is 8.15. The average Bonchev–Trinajstić information content (AvgIpc) is 3.03. The Labute approximate surface area is 162 Å². The number of fused-ring (bicyclic) bond motifs is 1. The van der Waals surface area contributed by atoms with Crippen LogP contribution in [0.15, 0.2) is 54.6 Å². The number of hydrogen-bond acceptors (Lipinski definition) is 3. The van der Waals surface area contributed by atoms with E-state index in [1.165, 1.54) is 22.2 Å². The van der Waals surface area contributed by atoms with Gasteiger partial charge in [-0.1, -0.05) is 30.3 Å². The van der Waals surface area contributed by atoms with Crippen LogP contribution in [0.3, 0.4) is 0 Å². The molecule has 4 heteroatoms. The average molecular weight is 364 g/mol. The lowest BCUT2D eigenvalue weighted by Gasteiger charge is -2.34. The topological polar surface area (TPSA) is 20.6 Å². The SMILES string of the molecule is COc1ccc2c(c1)cc(CN1CCN(CCc3ccccc3)CC1)n2C. The molecule has 0 N–H and O–H groups in total. The molecule has 0 amide bonds. The molecule has 2 aromatic carbocycles. The maximum Gasteiger partial charge on any atom is 0.119 e. The molecule has 0 bridgehead atoms. The van der Waals surface area contributed by atoms with Crippen LogP contribution in [0, 0.1) is 0 Å². The Morgan fingerprint density at radius 3 is 2.37 bits per heavy atom. The van der Waals surface area contributed by atoms with Crippen LogP contribution in [0.2, 0.25) is 0 Å². The number of methoxy groups -OCH3 is 1. The van der Waals surface area contributed by atoms with Crippen molar-refractivity contribution in [1.82, 2.24) is 14.4 Å². The van der Waals surface area contributed by atoms with Gasteiger partial charge in [0, 0.05) is 62.9 Å². The molecular weight excluding hydrogens is 334 g/mol. The standard InChI is InChI=1S/C23H29N3O/c1-24-21(16-20-17-22(27-2)8-9-23(20)24)18-26-14-12-25(13-15-26)11-10-19-6-4-3-5-7-19/h3-9,16-17H,10-15,18H2,1-2H3. The minimum absolute atomic E-state index is 0.923. The highest BCUT2D eigenvalue weighted by molar-refractivity contribution is 5.82. The van der Waals surface area contributed by atoms with Gasteiger partial charge in [0.1, 0.15) is 5.75 Å². The molecule has 1 fully saturated rings. The predicted octanol–water partition coefficient (Wildman–Crippen LogP) is 3.55. The van der Waals surface area contributed by atoms with E-state index in [2.05, 4.69) is 69.9 Å². The summed E-state index contributed by atoms with van der Waals surface area (Å²) in [6.45, 7) is 6.76. The van der Waals surface area contributed by atoms with Gasteiger partial charge in [-0.25, -0.2) is 0 Å². The number of rotatable bonds is 6. The minimum atomic E-state index is 0.923. The quantitative estimate of drug-likeness (QED) is 0.668. The number of aromatic nitrogens is 1. The van der Waals surface area contributed by atoms with Crippen molar-refractivity contribution in [3.8, 4) is 5.75 Å². The largest absolute Gasteiger partial charge is 0.497 e. The predicted molar refractivity (Wildman–Crippen MR) is 111 cm³/mol. The summed E-state index contributed by atoms with van der Waals surface area (Å²) >= 11 is 0. The molecule has 0 unspecified atom stereocenters. The van der Waals surface area contributed by atoms with Gasteiger partial charge in [0.2, 0.25) is 0 Å². The smallest absolute Gasteiger partial charge is 0.119 e. The fraction of sp³-hybridized carbons (Fsp3) is 0.391. The fourth-order valence-corrected chi connectivity index (χ4v) is 4.00. The molecule has 142 valence electrons. The zero-order valence-electron chi connectivity index (χ0n) is 16.4. The molecule has 1 aliphatic rings. The Morgan fingerprint density at radius 2 is 1.63 bits per heavy atom. The van der Waals surface area contributed by atoms with Gasteiger partial charge in [0.25, 0.3) is 0 Å². The van der Waals surface area contributed by atoms with E-state index in [4.69, 9.17) is 4.74 Å². The normalized spacial score (nSPS) is 16.1. The van der Waals surface area contributed by atoms with Crippen LogP contribution in [-0.2, 0) is 20.0 Å². The fourth-order valence-electron chi connectivity index (χ4n) is 4.00. The van der Waals surface area contributed by atoms with Crippen molar-refractivity contribution >= 4 is 10.9 Å². The van der Waals surface area contributed by atoms with Gasteiger partial charge in [-0.15, -0.1) is 0 Å².